The van der Waals surface area contributed by atoms with E-state index in [4.69, 9.17) is 0 Å². The molecule has 398 valence electrons. The van der Waals surface area contributed by atoms with Crippen LogP contribution in [-0.2, 0) is 0 Å². The first-order chi connectivity index (χ1) is 42.7. The molecule has 0 aliphatic heterocycles. The van der Waals surface area contributed by atoms with Gasteiger partial charge in [0.1, 0.15) is 0 Å². The molecule has 0 atom stereocenters. The maximum atomic E-state index is 2.52. The van der Waals surface area contributed by atoms with Gasteiger partial charge in [-0.15, -0.1) is 0 Å². The third-order valence-electron chi connectivity index (χ3n) is 18.4. The molecule has 2 nitrogen and oxygen atoms in total. The molecule has 2 aromatic heterocycles. The van der Waals surface area contributed by atoms with Crippen LogP contribution in [0.15, 0.2) is 315 Å². The molecule has 0 amide bonds. The predicted octanol–water partition coefficient (Wildman–Crippen LogP) is 23.1. The SMILES string of the molecule is c1ccc(-n2c3ccccc3c3cc(-c4cccc5c(-c6c7cccc(-c8ccc9ccccc9c8)c7cc7c(-c8ccc9ccccc9c8)cccc67)c6cccc(-c7ccc8c(c7)c7ccccc7n8-c7ccccc7)c6cc45)ccc32)cc1. The Kier molecular flexibility index (Phi) is 10.7. The lowest BCUT2D eigenvalue weighted by Crippen LogP contribution is -1.95. The quantitative estimate of drug-likeness (QED) is 0.141. The number of aromatic nitrogens is 2. The third-order valence-corrected chi connectivity index (χ3v) is 18.4. The highest BCUT2D eigenvalue weighted by atomic mass is 15.0. The van der Waals surface area contributed by atoms with Crippen molar-refractivity contribution in [2.45, 2.75) is 0 Å². The van der Waals surface area contributed by atoms with Crippen LogP contribution in [0.3, 0.4) is 0 Å². The first kappa shape index (κ1) is 48.2. The van der Waals surface area contributed by atoms with Gasteiger partial charge in [0.05, 0.1) is 22.1 Å². The summed E-state index contributed by atoms with van der Waals surface area (Å²) >= 11 is 0. The summed E-state index contributed by atoms with van der Waals surface area (Å²) in [6, 6.07) is 118. The molecule has 0 fully saturated rings. The van der Waals surface area contributed by atoms with E-state index in [9.17, 15) is 0 Å². The van der Waals surface area contributed by atoms with Gasteiger partial charge in [0.25, 0.3) is 0 Å². The van der Waals surface area contributed by atoms with Gasteiger partial charge in [-0.2, -0.15) is 0 Å². The van der Waals surface area contributed by atoms with Gasteiger partial charge in [0, 0.05) is 32.9 Å². The van der Waals surface area contributed by atoms with Gasteiger partial charge in [0.15, 0.2) is 0 Å². The molecular formula is C84H52N2. The molecule has 0 saturated heterocycles. The second-order valence-corrected chi connectivity index (χ2v) is 23.1. The monoisotopic (exact) mass is 1090 g/mol. The van der Waals surface area contributed by atoms with Crippen molar-refractivity contribution < 1.29 is 0 Å². The lowest BCUT2D eigenvalue weighted by molar-refractivity contribution is 1.18. The van der Waals surface area contributed by atoms with Crippen molar-refractivity contribution in [2.24, 2.45) is 0 Å². The van der Waals surface area contributed by atoms with E-state index in [0.717, 1.165) is 11.4 Å². The minimum atomic E-state index is 1.15. The highest BCUT2D eigenvalue weighted by molar-refractivity contribution is 6.29. The van der Waals surface area contributed by atoms with Crippen molar-refractivity contribution >= 4 is 108 Å². The number of hydrogen-bond donors (Lipinski definition) is 0. The van der Waals surface area contributed by atoms with Crippen LogP contribution in [0.1, 0.15) is 0 Å². The van der Waals surface area contributed by atoms with E-state index in [1.54, 1.807) is 0 Å². The van der Waals surface area contributed by atoms with Gasteiger partial charge in [-0.1, -0.05) is 231 Å². The van der Waals surface area contributed by atoms with Crippen molar-refractivity contribution in [3.8, 4) is 67.0 Å². The fourth-order valence-corrected chi connectivity index (χ4v) is 14.6. The molecule has 0 spiro atoms. The van der Waals surface area contributed by atoms with Crippen LogP contribution >= 0.6 is 0 Å². The molecule has 18 aromatic rings. The Morgan fingerprint density at radius 2 is 0.465 bits per heavy atom. The number of para-hydroxylation sites is 4. The second kappa shape index (κ2) is 19.1. The Hall–Kier alpha value is -11.3. The minimum Gasteiger partial charge on any atom is -0.309 e. The van der Waals surface area contributed by atoms with Gasteiger partial charge in [-0.05, 0) is 205 Å². The van der Waals surface area contributed by atoms with Crippen LogP contribution in [0.5, 0.6) is 0 Å². The van der Waals surface area contributed by atoms with Crippen LogP contribution in [-0.4, -0.2) is 9.13 Å². The summed E-state index contributed by atoms with van der Waals surface area (Å²) in [5.74, 6) is 0. The fourth-order valence-electron chi connectivity index (χ4n) is 14.6. The summed E-state index contributed by atoms with van der Waals surface area (Å²) in [6.45, 7) is 0. The van der Waals surface area contributed by atoms with E-state index < -0.39 is 0 Å². The van der Waals surface area contributed by atoms with Crippen LogP contribution in [0.4, 0.5) is 0 Å². The summed E-state index contributed by atoms with van der Waals surface area (Å²) < 4.78 is 4.82. The number of fused-ring (bicyclic) bond motifs is 12. The molecule has 0 bridgehead atoms. The highest BCUT2D eigenvalue weighted by Gasteiger charge is 2.24. The second-order valence-electron chi connectivity index (χ2n) is 23.1. The Morgan fingerprint density at radius 1 is 0.163 bits per heavy atom. The zero-order chi connectivity index (χ0) is 56.4. The molecule has 0 aliphatic rings. The molecular weight excluding hydrogens is 1040 g/mol. The first-order valence-electron chi connectivity index (χ1n) is 29.8. The third kappa shape index (κ3) is 7.40. The standard InChI is InChI=1S/C84H52N2/c1-3-23-61(24-4-1)85-79-37-13-11-27-67(79)77-49-59(43-45-81(77)85)65-31-17-35-71-75(65)52-76-66(60-44-46-82-78(50-60)68-28-12-14-38-80(68)86(82)62-25-5-2-6-26-62)32-18-36-72(76)84(71)83-69-33-15-29-63(57-41-39-53-19-7-9-21-55(53)47-57)73(69)51-74-64(30-16-34-70(74)83)58-42-40-54-20-8-10-22-56(54)48-58/h1-52H. The Balaban J connectivity index is 0.967. The van der Waals surface area contributed by atoms with Crippen molar-refractivity contribution in [2.75, 3.05) is 0 Å². The van der Waals surface area contributed by atoms with Gasteiger partial charge in [-0.3, -0.25) is 0 Å². The Bertz CT molecular complexity index is 5470. The zero-order valence-electron chi connectivity index (χ0n) is 46.9. The summed E-state index contributed by atoms with van der Waals surface area (Å²) in [6.07, 6.45) is 0. The summed E-state index contributed by atoms with van der Waals surface area (Å²) in [4.78, 5) is 0. The lowest BCUT2D eigenvalue weighted by Gasteiger charge is -2.22. The fraction of sp³-hybridized carbons (Fsp3) is 0. The maximum absolute atomic E-state index is 2.52. The van der Waals surface area contributed by atoms with Gasteiger partial charge >= 0.3 is 0 Å². The summed E-state index contributed by atoms with van der Waals surface area (Å²) in [5.41, 5.74) is 19.1. The van der Waals surface area contributed by atoms with E-state index >= 15 is 0 Å². The molecule has 0 N–H and O–H groups in total. The first-order valence-corrected chi connectivity index (χ1v) is 29.8. The zero-order valence-corrected chi connectivity index (χ0v) is 46.9. The van der Waals surface area contributed by atoms with Crippen LogP contribution in [0.25, 0.3) is 175 Å². The van der Waals surface area contributed by atoms with Crippen molar-refractivity contribution in [1.29, 1.82) is 0 Å². The van der Waals surface area contributed by atoms with Gasteiger partial charge in [-0.25, -0.2) is 0 Å². The molecule has 2 heterocycles. The smallest absolute Gasteiger partial charge is 0.0541 e. The molecule has 86 heavy (non-hydrogen) atoms. The van der Waals surface area contributed by atoms with Crippen molar-refractivity contribution in [3.63, 3.8) is 0 Å². The summed E-state index contributed by atoms with van der Waals surface area (Å²) in [7, 11) is 0. The maximum Gasteiger partial charge on any atom is 0.0541 e. The van der Waals surface area contributed by atoms with E-state index in [0.29, 0.717) is 0 Å². The Morgan fingerprint density at radius 3 is 0.860 bits per heavy atom. The molecule has 0 saturated carbocycles. The van der Waals surface area contributed by atoms with Crippen molar-refractivity contribution in [3.05, 3.63) is 315 Å². The number of hydrogen-bond acceptors (Lipinski definition) is 0. The van der Waals surface area contributed by atoms with Gasteiger partial charge < -0.3 is 9.13 Å². The van der Waals surface area contributed by atoms with Crippen molar-refractivity contribution in [1.82, 2.24) is 9.13 Å². The number of benzene rings is 16. The highest BCUT2D eigenvalue weighted by Crippen LogP contribution is 2.51. The molecule has 0 unspecified atom stereocenters. The van der Waals surface area contributed by atoms with E-state index in [1.165, 1.54) is 164 Å². The van der Waals surface area contributed by atoms with Crippen LogP contribution in [0.2, 0.25) is 0 Å². The molecule has 0 aliphatic carbocycles. The van der Waals surface area contributed by atoms with E-state index in [1.807, 2.05) is 0 Å². The lowest BCUT2D eigenvalue weighted by atomic mass is 9.81. The Labute approximate surface area is 496 Å². The van der Waals surface area contributed by atoms with E-state index in [-0.39, 0.29) is 0 Å². The molecule has 2 heteroatoms. The van der Waals surface area contributed by atoms with E-state index in [2.05, 4.69) is 325 Å². The van der Waals surface area contributed by atoms with Gasteiger partial charge in [0.2, 0.25) is 0 Å². The molecule has 0 radical (unpaired) electrons. The predicted molar refractivity (Wildman–Crippen MR) is 367 cm³/mol. The topological polar surface area (TPSA) is 9.86 Å². The average Bonchev–Trinajstić information content (AvgIpc) is 0.862. The van der Waals surface area contributed by atoms with Crippen LogP contribution < -0.4 is 0 Å². The largest absolute Gasteiger partial charge is 0.309 e. The number of nitrogens with zero attached hydrogens (tertiary/aromatic N) is 2. The molecule has 16 aromatic carbocycles. The molecule has 18 rings (SSSR count). The average molecular weight is 1090 g/mol. The summed E-state index contributed by atoms with van der Waals surface area (Å²) in [5, 5.41) is 19.5. The number of rotatable bonds is 7. The normalized spacial score (nSPS) is 12.0. The minimum absolute atomic E-state index is 1.15. The van der Waals surface area contributed by atoms with Crippen LogP contribution in [0, 0.1) is 0 Å².